The molecule has 0 aromatic heterocycles. The molecule has 2 atom stereocenters. The summed E-state index contributed by atoms with van der Waals surface area (Å²) in [5.41, 5.74) is 0. The zero-order valence-corrected chi connectivity index (χ0v) is 39.7. The Morgan fingerprint density at radius 1 is 0.525 bits per heavy atom. The molecule has 0 heterocycles. The van der Waals surface area contributed by atoms with Crippen molar-refractivity contribution in [1.29, 1.82) is 0 Å². The second-order valence-electron chi connectivity index (χ2n) is 16.0. The molecule has 0 N–H and O–H groups in total. The maximum atomic E-state index is 12.7. The van der Waals surface area contributed by atoms with Crippen molar-refractivity contribution >= 4 is 19.8 Å². The summed E-state index contributed by atoms with van der Waals surface area (Å²) in [4.78, 5) is 37.6. The molecular formula is C51H84NO8P. The van der Waals surface area contributed by atoms with Gasteiger partial charge in [0, 0.05) is 12.8 Å². The highest BCUT2D eigenvalue weighted by Gasteiger charge is 2.21. The molecule has 0 saturated heterocycles. The van der Waals surface area contributed by atoms with E-state index in [4.69, 9.17) is 18.5 Å². The van der Waals surface area contributed by atoms with Crippen LogP contribution in [0.1, 0.15) is 149 Å². The lowest BCUT2D eigenvalue weighted by Crippen LogP contribution is -2.37. The molecule has 0 fully saturated rings. The van der Waals surface area contributed by atoms with Gasteiger partial charge in [-0.05, 0) is 89.9 Å². The fourth-order valence-electron chi connectivity index (χ4n) is 5.42. The van der Waals surface area contributed by atoms with Crippen LogP contribution in [0.3, 0.4) is 0 Å². The van der Waals surface area contributed by atoms with Crippen molar-refractivity contribution in [3.63, 3.8) is 0 Å². The molecule has 2 unspecified atom stereocenters. The zero-order chi connectivity index (χ0) is 45.0. The number of carbonyl (C=O) groups excluding carboxylic acids is 2. The summed E-state index contributed by atoms with van der Waals surface area (Å²) in [6, 6.07) is 0. The summed E-state index contributed by atoms with van der Waals surface area (Å²) in [6.45, 7) is 3.96. The number of hydrogen-bond donors (Lipinski definition) is 0. The molecule has 0 rings (SSSR count). The summed E-state index contributed by atoms with van der Waals surface area (Å²) < 4.78 is 33.8. The molecule has 0 radical (unpaired) electrons. The molecule has 0 aliphatic heterocycles. The fraction of sp³-hybridized carbons (Fsp3) is 0.608. The standard InChI is InChI=1S/C51H84NO8P/c1-6-8-10-12-14-16-18-20-22-23-24-25-26-27-28-29-30-32-34-36-38-40-42-44-51(54)60-49(48-59-61(55,56)58-46-45-52(3,4)5)47-57-50(53)43-41-39-37-35-33-31-21-19-17-15-13-11-9-7-2/h8,10,13-16,19-22,24-25,27-28,30,32,36,38,49H,6-7,9,11-12,17-18,23,26,29,31,33-35,37,39-48H2,1-5H3/b10-8-,15-13-,16-14-,21-19-,22-20-,25-24-,28-27-,32-30-,38-36-. The number of hydrogen-bond acceptors (Lipinski definition) is 8. The first-order valence-corrected chi connectivity index (χ1v) is 24.6. The van der Waals surface area contributed by atoms with Crippen molar-refractivity contribution in [1.82, 2.24) is 0 Å². The van der Waals surface area contributed by atoms with Crippen molar-refractivity contribution in [3.8, 4) is 0 Å². The molecule has 0 aliphatic rings. The molecule has 0 aromatic rings. The number of phosphoric acid groups is 1. The Balaban J connectivity index is 4.48. The quantitative estimate of drug-likeness (QED) is 0.0197. The number of phosphoric ester groups is 1. The fourth-order valence-corrected chi connectivity index (χ4v) is 6.15. The van der Waals surface area contributed by atoms with Crippen LogP contribution in [0.4, 0.5) is 0 Å². The second kappa shape index (κ2) is 42.0. The van der Waals surface area contributed by atoms with E-state index < -0.39 is 32.5 Å². The predicted octanol–water partition coefficient (Wildman–Crippen LogP) is 12.9. The van der Waals surface area contributed by atoms with Gasteiger partial charge < -0.3 is 27.9 Å². The predicted molar refractivity (Wildman–Crippen MR) is 254 cm³/mol. The number of esters is 2. The summed E-state index contributed by atoms with van der Waals surface area (Å²) in [6.07, 6.45) is 57.0. The number of allylic oxidation sites excluding steroid dienone is 18. The first kappa shape index (κ1) is 57.7. The largest absolute Gasteiger partial charge is 0.756 e. The molecule has 0 amide bonds. The third-order valence-corrected chi connectivity index (χ3v) is 9.99. The van der Waals surface area contributed by atoms with E-state index in [0.29, 0.717) is 30.3 Å². The molecule has 346 valence electrons. The lowest BCUT2D eigenvalue weighted by Gasteiger charge is -2.28. The highest BCUT2D eigenvalue weighted by Crippen LogP contribution is 2.38. The van der Waals surface area contributed by atoms with Crippen LogP contribution < -0.4 is 4.89 Å². The SMILES string of the molecule is CC/C=C\C/C=C\C/C=C\C/C=C\C/C=C\C/C=C\C/C=C\CCCC(=O)OC(COC(=O)CCCCCCC/C=C\C/C=C\CCCC)COP(=O)([O-])OCC[N+](C)(C)C. The minimum absolute atomic E-state index is 0.0508. The average Bonchev–Trinajstić information content (AvgIpc) is 3.21. The van der Waals surface area contributed by atoms with E-state index in [2.05, 4.69) is 117 Å². The number of nitrogens with zero attached hydrogens (tertiary/aromatic N) is 1. The van der Waals surface area contributed by atoms with E-state index in [1.165, 1.54) is 12.8 Å². The number of carbonyl (C=O) groups is 2. The number of unbranched alkanes of at least 4 members (excludes halogenated alkanes) is 8. The van der Waals surface area contributed by atoms with Gasteiger partial charge in [0.05, 0.1) is 27.7 Å². The Bertz CT molecular complexity index is 1400. The first-order chi connectivity index (χ1) is 29.5. The lowest BCUT2D eigenvalue weighted by atomic mass is 10.1. The van der Waals surface area contributed by atoms with Crippen LogP contribution in [0.5, 0.6) is 0 Å². The molecule has 10 heteroatoms. The van der Waals surface area contributed by atoms with E-state index in [-0.39, 0.29) is 26.1 Å². The van der Waals surface area contributed by atoms with Crippen molar-refractivity contribution < 1.29 is 42.1 Å². The second-order valence-corrected chi connectivity index (χ2v) is 17.4. The minimum Gasteiger partial charge on any atom is -0.756 e. The molecule has 0 aliphatic carbocycles. The van der Waals surface area contributed by atoms with Crippen LogP contribution in [0.25, 0.3) is 0 Å². The molecule has 0 spiro atoms. The Labute approximate surface area is 372 Å². The van der Waals surface area contributed by atoms with Crippen LogP contribution in [-0.4, -0.2) is 70.0 Å². The van der Waals surface area contributed by atoms with Gasteiger partial charge >= 0.3 is 11.9 Å². The highest BCUT2D eigenvalue weighted by molar-refractivity contribution is 7.45. The third kappa shape index (κ3) is 46.0. The van der Waals surface area contributed by atoms with Gasteiger partial charge in [0.25, 0.3) is 7.82 Å². The van der Waals surface area contributed by atoms with E-state index >= 15 is 0 Å². The Hall–Kier alpha value is -3.33. The normalized spacial score (nSPS) is 14.5. The highest BCUT2D eigenvalue weighted by atomic mass is 31.2. The van der Waals surface area contributed by atoms with Crippen LogP contribution in [0.2, 0.25) is 0 Å². The topological polar surface area (TPSA) is 111 Å². The van der Waals surface area contributed by atoms with Crippen LogP contribution >= 0.6 is 7.82 Å². The molecule has 9 nitrogen and oxygen atoms in total. The zero-order valence-electron chi connectivity index (χ0n) is 38.8. The smallest absolute Gasteiger partial charge is 0.306 e. The van der Waals surface area contributed by atoms with E-state index in [1.807, 2.05) is 27.2 Å². The monoisotopic (exact) mass is 870 g/mol. The minimum atomic E-state index is -4.65. The number of ether oxygens (including phenoxy) is 2. The van der Waals surface area contributed by atoms with Gasteiger partial charge in [0.15, 0.2) is 6.10 Å². The summed E-state index contributed by atoms with van der Waals surface area (Å²) in [7, 11) is 1.10. The van der Waals surface area contributed by atoms with Gasteiger partial charge in [-0.2, -0.15) is 0 Å². The van der Waals surface area contributed by atoms with E-state index in [1.54, 1.807) is 0 Å². The average molecular weight is 870 g/mol. The molecule has 0 saturated carbocycles. The molecule has 0 aromatic carbocycles. The molecular weight excluding hydrogens is 786 g/mol. The molecule has 61 heavy (non-hydrogen) atoms. The van der Waals surface area contributed by atoms with Crippen LogP contribution in [0, 0.1) is 0 Å². The third-order valence-electron chi connectivity index (χ3n) is 9.03. The van der Waals surface area contributed by atoms with Gasteiger partial charge in [0.2, 0.25) is 0 Å². The van der Waals surface area contributed by atoms with Crippen LogP contribution in [0.15, 0.2) is 109 Å². The number of likely N-dealkylation sites (N-methyl/N-ethyl adjacent to an activating group) is 1. The van der Waals surface area contributed by atoms with E-state index in [9.17, 15) is 19.0 Å². The van der Waals surface area contributed by atoms with Crippen LogP contribution in [-0.2, 0) is 32.7 Å². The van der Waals surface area contributed by atoms with Crippen molar-refractivity contribution in [2.45, 2.75) is 155 Å². The van der Waals surface area contributed by atoms with Gasteiger partial charge in [-0.25, -0.2) is 0 Å². The summed E-state index contributed by atoms with van der Waals surface area (Å²) in [5.74, 6) is -0.933. The molecule has 0 bridgehead atoms. The Kier molecular flexibility index (Phi) is 39.7. The maximum absolute atomic E-state index is 12.7. The van der Waals surface area contributed by atoms with E-state index in [0.717, 1.165) is 89.9 Å². The van der Waals surface area contributed by atoms with Gasteiger partial charge in [-0.1, -0.05) is 155 Å². The Morgan fingerprint density at radius 3 is 1.44 bits per heavy atom. The van der Waals surface area contributed by atoms with Gasteiger partial charge in [-0.15, -0.1) is 0 Å². The summed E-state index contributed by atoms with van der Waals surface area (Å²) >= 11 is 0. The van der Waals surface area contributed by atoms with Crippen molar-refractivity contribution in [2.75, 3.05) is 47.5 Å². The Morgan fingerprint density at radius 2 is 0.951 bits per heavy atom. The first-order valence-electron chi connectivity index (χ1n) is 23.1. The van der Waals surface area contributed by atoms with Gasteiger partial charge in [-0.3, -0.25) is 14.2 Å². The number of quaternary nitrogens is 1. The van der Waals surface area contributed by atoms with Gasteiger partial charge in [0.1, 0.15) is 19.8 Å². The maximum Gasteiger partial charge on any atom is 0.306 e. The van der Waals surface area contributed by atoms with Crippen molar-refractivity contribution in [3.05, 3.63) is 109 Å². The van der Waals surface area contributed by atoms with Crippen molar-refractivity contribution in [2.24, 2.45) is 0 Å². The lowest BCUT2D eigenvalue weighted by molar-refractivity contribution is -0.870. The summed E-state index contributed by atoms with van der Waals surface area (Å²) in [5, 5.41) is 0. The number of rotatable bonds is 40.